The van der Waals surface area contributed by atoms with Crippen molar-refractivity contribution < 1.29 is 17.9 Å². The minimum atomic E-state index is -3.38. The third-order valence-corrected chi connectivity index (χ3v) is 7.57. The summed E-state index contributed by atoms with van der Waals surface area (Å²) in [5, 5.41) is 3.45. The normalized spacial score (nSPS) is 22.4. The number of amides is 1. The average molecular weight is 506 g/mol. The first-order chi connectivity index (χ1) is 17.4. The number of benzene rings is 3. The Kier molecular flexibility index (Phi) is 7.09. The lowest BCUT2D eigenvalue weighted by atomic mass is 9.83. The lowest BCUT2D eigenvalue weighted by Gasteiger charge is -2.38. The van der Waals surface area contributed by atoms with E-state index in [4.69, 9.17) is 4.74 Å². The summed E-state index contributed by atoms with van der Waals surface area (Å²) in [6.45, 7) is 2.93. The van der Waals surface area contributed by atoms with E-state index in [1.807, 2.05) is 59.5 Å². The van der Waals surface area contributed by atoms with Crippen molar-refractivity contribution in [1.82, 2.24) is 10.2 Å². The van der Waals surface area contributed by atoms with Gasteiger partial charge in [0.2, 0.25) is 15.9 Å². The van der Waals surface area contributed by atoms with Gasteiger partial charge in [-0.05, 0) is 34.4 Å². The highest BCUT2D eigenvalue weighted by Gasteiger charge is 2.40. The molecular weight excluding hydrogens is 474 g/mol. The Labute approximate surface area is 212 Å². The predicted molar refractivity (Wildman–Crippen MR) is 141 cm³/mol. The second kappa shape index (κ2) is 10.4. The van der Waals surface area contributed by atoms with Gasteiger partial charge >= 0.3 is 0 Å². The molecule has 36 heavy (non-hydrogen) atoms. The lowest BCUT2D eigenvalue weighted by molar-refractivity contribution is -0.144. The fourth-order valence-electron chi connectivity index (χ4n) is 5.34. The molecule has 3 aromatic carbocycles. The standard InChI is InChI=1S/C28H31N3O4S/c1-36(33,34)30-22-11-7-10-21(16-22)23-12-5-6-13-24(23)25-17-29-18-26(25)28(32)31-14-15-35-19-27(31)20-8-3-2-4-9-20/h2-13,16,25-27,29-30H,14-15,17-19H2,1H3/t25?,26?,27-/m0/s1. The molecule has 0 spiro atoms. The van der Waals surface area contributed by atoms with Crippen molar-refractivity contribution in [2.75, 3.05) is 43.8 Å². The van der Waals surface area contributed by atoms with Gasteiger partial charge in [-0.25, -0.2) is 8.42 Å². The Morgan fingerprint density at radius 3 is 2.58 bits per heavy atom. The average Bonchev–Trinajstić information content (AvgIpc) is 3.38. The number of anilines is 1. The molecule has 2 heterocycles. The minimum Gasteiger partial charge on any atom is -0.377 e. The topological polar surface area (TPSA) is 87.7 Å². The van der Waals surface area contributed by atoms with Gasteiger partial charge in [0.1, 0.15) is 0 Å². The van der Waals surface area contributed by atoms with Gasteiger partial charge in [-0.2, -0.15) is 0 Å². The number of rotatable bonds is 6. The maximum atomic E-state index is 14.0. The zero-order valence-corrected chi connectivity index (χ0v) is 21.1. The van der Waals surface area contributed by atoms with Gasteiger partial charge in [0.15, 0.2) is 0 Å². The summed E-state index contributed by atoms with van der Waals surface area (Å²) in [7, 11) is -3.38. The highest BCUT2D eigenvalue weighted by molar-refractivity contribution is 7.92. The van der Waals surface area contributed by atoms with Crippen molar-refractivity contribution in [3.63, 3.8) is 0 Å². The van der Waals surface area contributed by atoms with Crippen LogP contribution in [-0.4, -0.2) is 58.3 Å². The van der Waals surface area contributed by atoms with Crippen LogP contribution < -0.4 is 10.0 Å². The fraction of sp³-hybridized carbons (Fsp3) is 0.321. The van der Waals surface area contributed by atoms with Crippen molar-refractivity contribution in [3.05, 3.63) is 90.0 Å². The second-order valence-corrected chi connectivity index (χ2v) is 11.2. The number of morpholine rings is 1. The highest BCUT2D eigenvalue weighted by Crippen LogP contribution is 2.38. The van der Waals surface area contributed by atoms with Gasteiger partial charge in [-0.1, -0.05) is 66.7 Å². The van der Waals surface area contributed by atoms with Gasteiger partial charge in [0.25, 0.3) is 0 Å². The van der Waals surface area contributed by atoms with Crippen molar-refractivity contribution in [2.24, 2.45) is 5.92 Å². The summed E-state index contributed by atoms with van der Waals surface area (Å²) in [5.41, 5.74) is 4.60. The fourth-order valence-corrected chi connectivity index (χ4v) is 5.90. The van der Waals surface area contributed by atoms with Crippen LogP contribution in [-0.2, 0) is 19.6 Å². The van der Waals surface area contributed by atoms with E-state index in [0.29, 0.717) is 38.5 Å². The number of nitrogens with one attached hydrogen (secondary N) is 2. The number of hydrogen-bond acceptors (Lipinski definition) is 5. The van der Waals surface area contributed by atoms with Crippen LogP contribution >= 0.6 is 0 Å². The molecular formula is C28H31N3O4S. The Hall–Kier alpha value is -3.20. The van der Waals surface area contributed by atoms with E-state index >= 15 is 0 Å². The number of carbonyl (C=O) groups excluding carboxylic acids is 1. The first-order valence-electron chi connectivity index (χ1n) is 12.2. The number of sulfonamides is 1. The summed E-state index contributed by atoms with van der Waals surface area (Å²) in [6.07, 6.45) is 1.14. The van der Waals surface area contributed by atoms with Gasteiger partial charge in [-0.15, -0.1) is 0 Å². The summed E-state index contributed by atoms with van der Waals surface area (Å²) in [5.74, 6) is -0.0586. The van der Waals surface area contributed by atoms with Crippen LogP contribution in [0.2, 0.25) is 0 Å². The van der Waals surface area contributed by atoms with Crippen LogP contribution in [0.1, 0.15) is 23.1 Å². The number of ether oxygens (including phenoxy) is 1. The molecule has 3 atom stereocenters. The smallest absolute Gasteiger partial charge is 0.229 e. The van der Waals surface area contributed by atoms with Crippen LogP contribution in [0.4, 0.5) is 5.69 Å². The van der Waals surface area contributed by atoms with E-state index in [1.54, 1.807) is 6.07 Å². The molecule has 2 N–H and O–H groups in total. The number of nitrogens with zero attached hydrogens (tertiary/aromatic N) is 1. The van der Waals surface area contributed by atoms with Crippen LogP contribution in [0.15, 0.2) is 78.9 Å². The summed E-state index contributed by atoms with van der Waals surface area (Å²) in [4.78, 5) is 16.0. The van der Waals surface area contributed by atoms with Crippen LogP contribution in [0.25, 0.3) is 11.1 Å². The van der Waals surface area contributed by atoms with Gasteiger partial charge in [0.05, 0.1) is 31.4 Å². The largest absolute Gasteiger partial charge is 0.377 e. The minimum absolute atomic E-state index is 0.000471. The summed E-state index contributed by atoms with van der Waals surface area (Å²) < 4.78 is 31.8. The van der Waals surface area contributed by atoms with E-state index in [9.17, 15) is 13.2 Å². The van der Waals surface area contributed by atoms with Crippen molar-refractivity contribution >= 4 is 21.6 Å². The molecule has 2 fully saturated rings. The maximum absolute atomic E-state index is 14.0. The molecule has 7 nitrogen and oxygen atoms in total. The second-order valence-electron chi connectivity index (χ2n) is 9.45. The monoisotopic (exact) mass is 505 g/mol. The predicted octanol–water partition coefficient (Wildman–Crippen LogP) is 3.63. The molecule has 5 rings (SSSR count). The summed E-state index contributed by atoms with van der Waals surface area (Å²) >= 11 is 0. The Balaban J connectivity index is 1.45. The molecule has 0 aliphatic carbocycles. The van der Waals surface area contributed by atoms with Crippen LogP contribution in [0.3, 0.4) is 0 Å². The van der Waals surface area contributed by atoms with E-state index in [-0.39, 0.29) is 23.8 Å². The van der Waals surface area contributed by atoms with Crippen molar-refractivity contribution in [1.29, 1.82) is 0 Å². The molecule has 0 saturated carbocycles. The molecule has 2 unspecified atom stereocenters. The van der Waals surface area contributed by atoms with E-state index in [0.717, 1.165) is 28.5 Å². The first-order valence-corrected chi connectivity index (χ1v) is 14.1. The first kappa shape index (κ1) is 24.5. The molecule has 8 heteroatoms. The van der Waals surface area contributed by atoms with Gasteiger partial charge < -0.3 is 15.0 Å². The maximum Gasteiger partial charge on any atom is 0.229 e. The zero-order valence-electron chi connectivity index (χ0n) is 20.3. The number of hydrogen-bond donors (Lipinski definition) is 2. The SMILES string of the molecule is CS(=O)(=O)Nc1cccc(-c2ccccc2C2CNCC2C(=O)N2CCOC[C@H]2c2ccccc2)c1. The molecule has 1 amide bonds. The summed E-state index contributed by atoms with van der Waals surface area (Å²) in [6, 6.07) is 25.5. The highest BCUT2D eigenvalue weighted by atomic mass is 32.2. The molecule has 2 aliphatic heterocycles. The van der Waals surface area contributed by atoms with E-state index in [1.165, 1.54) is 0 Å². The molecule has 0 radical (unpaired) electrons. The van der Waals surface area contributed by atoms with Crippen molar-refractivity contribution in [3.8, 4) is 11.1 Å². The van der Waals surface area contributed by atoms with Crippen molar-refractivity contribution in [2.45, 2.75) is 12.0 Å². The van der Waals surface area contributed by atoms with Gasteiger partial charge in [-0.3, -0.25) is 9.52 Å². The number of carbonyl (C=O) groups is 1. The third kappa shape index (κ3) is 5.31. The molecule has 2 aliphatic rings. The third-order valence-electron chi connectivity index (χ3n) is 6.96. The molecule has 188 valence electrons. The molecule has 2 saturated heterocycles. The Morgan fingerprint density at radius 1 is 1.00 bits per heavy atom. The lowest BCUT2D eigenvalue weighted by Crippen LogP contribution is -2.47. The van der Waals surface area contributed by atoms with Crippen LogP contribution in [0.5, 0.6) is 0 Å². The van der Waals surface area contributed by atoms with E-state index in [2.05, 4.69) is 28.2 Å². The molecule has 3 aromatic rings. The quantitative estimate of drug-likeness (QED) is 0.534. The Morgan fingerprint density at radius 2 is 1.78 bits per heavy atom. The van der Waals surface area contributed by atoms with Gasteiger partial charge in [0, 0.05) is 31.2 Å². The molecule has 0 aromatic heterocycles. The molecule has 0 bridgehead atoms. The van der Waals surface area contributed by atoms with Crippen LogP contribution in [0, 0.1) is 5.92 Å². The zero-order chi connectivity index (χ0) is 25.1. The Bertz CT molecular complexity index is 1330. The van der Waals surface area contributed by atoms with E-state index < -0.39 is 10.0 Å².